The van der Waals surface area contributed by atoms with E-state index in [1.54, 1.807) is 7.11 Å². The van der Waals surface area contributed by atoms with Gasteiger partial charge in [0.05, 0.1) is 7.11 Å². The molecule has 3 heteroatoms. The zero-order valence-corrected chi connectivity index (χ0v) is 15.1. The maximum atomic E-state index is 10.9. The molecule has 5 aromatic rings. The van der Waals surface area contributed by atoms with Gasteiger partial charge in [-0.1, -0.05) is 23.8 Å². The second-order valence-electron chi connectivity index (χ2n) is 7.06. The van der Waals surface area contributed by atoms with Crippen LogP contribution < -0.4 is 4.74 Å². The molecule has 3 nitrogen and oxygen atoms in total. The molecule has 0 saturated heterocycles. The monoisotopic (exact) mass is 354 g/mol. The van der Waals surface area contributed by atoms with Gasteiger partial charge in [-0.25, -0.2) is 0 Å². The number of benzene rings is 5. The molecule has 0 bridgehead atoms. The quantitative estimate of drug-likeness (QED) is 0.361. The summed E-state index contributed by atoms with van der Waals surface area (Å²) in [6.45, 7) is 2.02. The summed E-state index contributed by atoms with van der Waals surface area (Å²) in [4.78, 5) is 0. The molecule has 0 aliphatic carbocycles. The molecule has 5 rings (SSSR count). The fourth-order valence-corrected chi connectivity index (χ4v) is 3.90. The zero-order valence-electron chi connectivity index (χ0n) is 15.1. The second kappa shape index (κ2) is 5.52. The first-order valence-corrected chi connectivity index (χ1v) is 8.85. The average molecular weight is 354 g/mol. The number of hydrogen-bond donors (Lipinski definition) is 2. The molecule has 0 heterocycles. The summed E-state index contributed by atoms with van der Waals surface area (Å²) in [5.41, 5.74) is 1.11. The highest BCUT2D eigenvalue weighted by molar-refractivity contribution is 6.14. The highest BCUT2D eigenvalue weighted by atomic mass is 16.5. The fourth-order valence-electron chi connectivity index (χ4n) is 3.90. The molecule has 0 amide bonds. The lowest BCUT2D eigenvalue weighted by molar-refractivity contribution is 0.415. The van der Waals surface area contributed by atoms with Gasteiger partial charge in [0.15, 0.2) is 0 Å². The minimum atomic E-state index is 0.229. The molecule has 0 unspecified atom stereocenters. The van der Waals surface area contributed by atoms with Crippen LogP contribution >= 0.6 is 0 Å². The van der Waals surface area contributed by atoms with E-state index in [0.29, 0.717) is 5.75 Å². The molecular formula is C24H18O3. The maximum absolute atomic E-state index is 10.9. The summed E-state index contributed by atoms with van der Waals surface area (Å²) in [7, 11) is 1.61. The van der Waals surface area contributed by atoms with E-state index in [1.165, 1.54) is 0 Å². The zero-order chi connectivity index (χ0) is 18.7. The highest BCUT2D eigenvalue weighted by Gasteiger charge is 2.12. The molecule has 0 spiro atoms. The highest BCUT2D eigenvalue weighted by Crippen LogP contribution is 2.41. The van der Waals surface area contributed by atoms with Crippen molar-refractivity contribution in [2.24, 2.45) is 0 Å². The number of aryl methyl sites for hydroxylation is 1. The lowest BCUT2D eigenvalue weighted by Crippen LogP contribution is -1.85. The van der Waals surface area contributed by atoms with Crippen LogP contribution in [0.15, 0.2) is 60.7 Å². The van der Waals surface area contributed by atoms with Gasteiger partial charge in [-0.05, 0) is 70.9 Å². The van der Waals surface area contributed by atoms with E-state index < -0.39 is 0 Å². The van der Waals surface area contributed by atoms with Crippen LogP contribution in [0.5, 0.6) is 17.2 Å². The van der Waals surface area contributed by atoms with Crippen molar-refractivity contribution in [1.29, 1.82) is 0 Å². The molecule has 2 N–H and O–H groups in total. The number of ether oxygens (including phenoxy) is 1. The van der Waals surface area contributed by atoms with Crippen molar-refractivity contribution < 1.29 is 14.9 Å². The molecular weight excluding hydrogens is 336 g/mol. The Morgan fingerprint density at radius 3 is 1.70 bits per heavy atom. The van der Waals surface area contributed by atoms with Gasteiger partial charge < -0.3 is 14.9 Å². The van der Waals surface area contributed by atoms with E-state index >= 15 is 0 Å². The van der Waals surface area contributed by atoms with Crippen LogP contribution in [0.1, 0.15) is 5.56 Å². The van der Waals surface area contributed by atoms with Gasteiger partial charge in [0.2, 0.25) is 0 Å². The van der Waals surface area contributed by atoms with Crippen LogP contribution in [-0.4, -0.2) is 17.3 Å². The van der Waals surface area contributed by atoms with Crippen LogP contribution in [-0.2, 0) is 0 Å². The van der Waals surface area contributed by atoms with Gasteiger partial charge in [0.1, 0.15) is 17.2 Å². The topological polar surface area (TPSA) is 49.7 Å². The van der Waals surface area contributed by atoms with Gasteiger partial charge in [-0.15, -0.1) is 0 Å². The first-order valence-electron chi connectivity index (χ1n) is 8.85. The smallest absolute Gasteiger partial charge is 0.131 e. The Kier molecular flexibility index (Phi) is 3.22. The lowest BCUT2D eigenvalue weighted by Gasteiger charge is -2.12. The molecule has 0 aromatic heterocycles. The number of phenols is 2. The molecule has 0 atom stereocenters. The molecule has 0 fully saturated rings. The second-order valence-corrected chi connectivity index (χ2v) is 7.06. The summed E-state index contributed by atoms with van der Waals surface area (Å²) < 4.78 is 5.29. The maximum Gasteiger partial charge on any atom is 0.131 e. The van der Waals surface area contributed by atoms with Crippen LogP contribution in [0.25, 0.3) is 43.1 Å². The molecule has 132 valence electrons. The number of fused-ring (bicyclic) bond motifs is 4. The Morgan fingerprint density at radius 1 is 0.593 bits per heavy atom. The third-order valence-electron chi connectivity index (χ3n) is 5.33. The minimum absolute atomic E-state index is 0.229. The number of methoxy groups -OCH3 is 1. The van der Waals surface area contributed by atoms with Crippen LogP contribution in [0.2, 0.25) is 0 Å². The van der Waals surface area contributed by atoms with Crippen molar-refractivity contribution in [2.45, 2.75) is 6.92 Å². The average Bonchev–Trinajstić information content (AvgIpc) is 2.68. The SMILES string of the molecule is COc1ccc2cc3cc4c(O)c5cc(C)ccc5cc4cc3c(O)c2c1. The standard InChI is InChI=1S/C24H18O3/c1-13-3-4-14-8-16-11-21-17(10-20(16)23(25)19(14)7-13)9-15-5-6-18(27-2)12-22(15)24(21)26/h3-12,25-26H,1-2H3. The molecule has 27 heavy (non-hydrogen) atoms. The summed E-state index contributed by atoms with van der Waals surface area (Å²) in [6, 6.07) is 19.7. The molecule has 5 aromatic carbocycles. The van der Waals surface area contributed by atoms with Crippen molar-refractivity contribution in [3.8, 4) is 17.2 Å². The van der Waals surface area contributed by atoms with Gasteiger partial charge in [0.25, 0.3) is 0 Å². The summed E-state index contributed by atoms with van der Waals surface area (Å²) in [5.74, 6) is 1.21. The molecule has 0 aliphatic rings. The van der Waals surface area contributed by atoms with E-state index in [-0.39, 0.29) is 11.5 Å². The van der Waals surface area contributed by atoms with Crippen LogP contribution in [0, 0.1) is 6.92 Å². The van der Waals surface area contributed by atoms with Gasteiger partial charge in [-0.3, -0.25) is 0 Å². The Hall–Kier alpha value is -3.46. The van der Waals surface area contributed by atoms with Crippen molar-refractivity contribution in [3.05, 3.63) is 66.2 Å². The van der Waals surface area contributed by atoms with Crippen LogP contribution in [0.3, 0.4) is 0 Å². The third-order valence-corrected chi connectivity index (χ3v) is 5.33. The van der Waals surface area contributed by atoms with Crippen LogP contribution in [0.4, 0.5) is 0 Å². The van der Waals surface area contributed by atoms with Gasteiger partial charge >= 0.3 is 0 Å². The first-order chi connectivity index (χ1) is 13.0. The van der Waals surface area contributed by atoms with Crippen molar-refractivity contribution >= 4 is 43.1 Å². The molecule has 0 radical (unpaired) electrons. The van der Waals surface area contributed by atoms with E-state index in [9.17, 15) is 10.2 Å². The number of aromatic hydroxyl groups is 2. The van der Waals surface area contributed by atoms with E-state index in [0.717, 1.165) is 48.7 Å². The Morgan fingerprint density at radius 2 is 1.11 bits per heavy atom. The predicted octanol–water partition coefficient (Wildman–Crippen LogP) is 6.03. The Bertz CT molecular complexity index is 1380. The van der Waals surface area contributed by atoms with E-state index in [1.807, 2.05) is 61.5 Å². The van der Waals surface area contributed by atoms with E-state index in [4.69, 9.17) is 4.74 Å². The molecule has 0 aliphatic heterocycles. The van der Waals surface area contributed by atoms with Crippen molar-refractivity contribution in [2.75, 3.05) is 7.11 Å². The Balaban J connectivity index is 1.92. The number of rotatable bonds is 1. The van der Waals surface area contributed by atoms with Gasteiger partial charge in [0, 0.05) is 21.5 Å². The van der Waals surface area contributed by atoms with Crippen molar-refractivity contribution in [1.82, 2.24) is 0 Å². The van der Waals surface area contributed by atoms with E-state index in [2.05, 4.69) is 6.07 Å². The number of hydrogen-bond acceptors (Lipinski definition) is 3. The normalized spacial score (nSPS) is 11.6. The summed E-state index contributed by atoms with van der Waals surface area (Å²) >= 11 is 0. The lowest BCUT2D eigenvalue weighted by atomic mass is 9.95. The molecule has 0 saturated carbocycles. The number of phenolic OH excluding ortho intramolecular Hbond substituents is 2. The summed E-state index contributed by atoms with van der Waals surface area (Å²) in [5, 5.41) is 28.6. The first kappa shape index (κ1) is 15.8. The summed E-state index contributed by atoms with van der Waals surface area (Å²) in [6.07, 6.45) is 0. The third kappa shape index (κ3) is 2.28. The predicted molar refractivity (Wildman–Crippen MR) is 111 cm³/mol. The van der Waals surface area contributed by atoms with Gasteiger partial charge in [-0.2, -0.15) is 0 Å². The minimum Gasteiger partial charge on any atom is -0.507 e. The largest absolute Gasteiger partial charge is 0.507 e. The Labute approximate surface area is 156 Å². The van der Waals surface area contributed by atoms with Crippen molar-refractivity contribution in [3.63, 3.8) is 0 Å². The fraction of sp³-hybridized carbons (Fsp3) is 0.0833.